The summed E-state index contributed by atoms with van der Waals surface area (Å²) < 4.78 is 5.78. The molecule has 1 N–H and O–H groups in total. The third kappa shape index (κ3) is 7.66. The molecule has 0 heterocycles. The lowest BCUT2D eigenvalue weighted by Gasteiger charge is -2.04. The Kier molecular flexibility index (Phi) is 8.43. The number of carbonyl (C=O) groups is 2. The molecule has 0 radical (unpaired) electrons. The molecular formula is C16H20BrNO3. The summed E-state index contributed by atoms with van der Waals surface area (Å²) in [6.45, 7) is 2.52. The minimum absolute atomic E-state index is 0.371. The molecule has 114 valence electrons. The van der Waals surface area contributed by atoms with Crippen LogP contribution in [0.5, 0.6) is 0 Å². The van der Waals surface area contributed by atoms with Crippen molar-refractivity contribution in [2.75, 3.05) is 11.9 Å². The molecule has 0 aliphatic heterocycles. The molecular weight excluding hydrogens is 334 g/mol. The highest BCUT2D eigenvalue weighted by atomic mass is 79.9. The lowest BCUT2D eigenvalue weighted by Crippen LogP contribution is -2.10. The van der Waals surface area contributed by atoms with Gasteiger partial charge in [0.05, 0.1) is 12.3 Å². The number of hydrogen-bond donors (Lipinski definition) is 1. The van der Waals surface area contributed by atoms with Crippen molar-refractivity contribution in [3.63, 3.8) is 0 Å². The van der Waals surface area contributed by atoms with E-state index in [2.05, 4.69) is 28.2 Å². The fourth-order valence-corrected chi connectivity index (χ4v) is 2.01. The predicted molar refractivity (Wildman–Crippen MR) is 87.0 cm³/mol. The highest BCUT2D eigenvalue weighted by Crippen LogP contribution is 2.20. The van der Waals surface area contributed by atoms with E-state index in [1.165, 1.54) is 6.08 Å². The van der Waals surface area contributed by atoms with Crippen molar-refractivity contribution in [3.8, 4) is 0 Å². The van der Waals surface area contributed by atoms with Crippen LogP contribution in [-0.2, 0) is 14.3 Å². The molecule has 21 heavy (non-hydrogen) atoms. The molecule has 1 aromatic carbocycles. The number of anilines is 1. The Morgan fingerprint density at radius 1 is 1.19 bits per heavy atom. The van der Waals surface area contributed by atoms with E-state index in [0.717, 1.165) is 36.2 Å². The van der Waals surface area contributed by atoms with E-state index < -0.39 is 5.97 Å². The first-order valence-corrected chi connectivity index (χ1v) is 7.83. The van der Waals surface area contributed by atoms with E-state index in [9.17, 15) is 9.59 Å². The number of hydrogen-bond acceptors (Lipinski definition) is 3. The van der Waals surface area contributed by atoms with Crippen LogP contribution in [0.25, 0.3) is 0 Å². The fraction of sp³-hybridized carbons (Fsp3) is 0.375. The number of para-hydroxylation sites is 1. The zero-order valence-corrected chi connectivity index (χ0v) is 13.7. The van der Waals surface area contributed by atoms with Gasteiger partial charge in [-0.15, -0.1) is 0 Å². The van der Waals surface area contributed by atoms with Gasteiger partial charge in [0.2, 0.25) is 5.91 Å². The molecule has 0 saturated heterocycles. The maximum Gasteiger partial charge on any atom is 0.330 e. The van der Waals surface area contributed by atoms with Gasteiger partial charge in [0.25, 0.3) is 0 Å². The zero-order chi connectivity index (χ0) is 15.5. The second-order valence-corrected chi connectivity index (χ2v) is 5.38. The average Bonchev–Trinajstić information content (AvgIpc) is 2.47. The van der Waals surface area contributed by atoms with Gasteiger partial charge in [-0.1, -0.05) is 38.3 Å². The van der Waals surface area contributed by atoms with Crippen LogP contribution in [0.1, 0.15) is 32.6 Å². The SMILES string of the molecule is CCCCCCOC(=O)/C=C/C(=O)Nc1ccccc1Br. The van der Waals surface area contributed by atoms with Crippen molar-refractivity contribution >= 4 is 33.5 Å². The Labute approximate surface area is 133 Å². The lowest BCUT2D eigenvalue weighted by atomic mass is 10.2. The van der Waals surface area contributed by atoms with Crippen LogP contribution in [0, 0.1) is 0 Å². The normalized spacial score (nSPS) is 10.6. The summed E-state index contributed by atoms with van der Waals surface area (Å²) >= 11 is 3.33. The van der Waals surface area contributed by atoms with E-state index in [0.29, 0.717) is 12.3 Å². The number of ether oxygens (including phenoxy) is 1. The standard InChI is InChI=1S/C16H20BrNO3/c1-2-3-4-7-12-21-16(20)11-10-15(19)18-14-9-6-5-8-13(14)17/h5-6,8-11H,2-4,7,12H2,1H3,(H,18,19)/b11-10+. The van der Waals surface area contributed by atoms with E-state index in [-0.39, 0.29) is 5.91 Å². The topological polar surface area (TPSA) is 55.4 Å². The molecule has 0 fully saturated rings. The van der Waals surface area contributed by atoms with Gasteiger partial charge in [-0.3, -0.25) is 4.79 Å². The quantitative estimate of drug-likeness (QED) is 0.435. The molecule has 1 rings (SSSR count). The number of esters is 1. The van der Waals surface area contributed by atoms with Crippen molar-refractivity contribution in [2.45, 2.75) is 32.6 Å². The van der Waals surface area contributed by atoms with Gasteiger partial charge < -0.3 is 10.1 Å². The van der Waals surface area contributed by atoms with E-state index in [4.69, 9.17) is 4.74 Å². The summed E-state index contributed by atoms with van der Waals surface area (Å²) in [6.07, 6.45) is 6.51. The van der Waals surface area contributed by atoms with Crippen LogP contribution in [0.4, 0.5) is 5.69 Å². The molecule has 5 heteroatoms. The second-order valence-electron chi connectivity index (χ2n) is 4.53. The van der Waals surface area contributed by atoms with Gasteiger partial charge in [0, 0.05) is 16.6 Å². The molecule has 1 aromatic rings. The van der Waals surface area contributed by atoms with Gasteiger partial charge in [0.15, 0.2) is 0 Å². The summed E-state index contributed by atoms with van der Waals surface area (Å²) in [5.41, 5.74) is 0.653. The number of halogens is 1. The maximum absolute atomic E-state index is 11.7. The molecule has 0 atom stereocenters. The lowest BCUT2D eigenvalue weighted by molar-refractivity contribution is -0.138. The maximum atomic E-state index is 11.7. The van der Waals surface area contributed by atoms with Crippen LogP contribution in [0.3, 0.4) is 0 Å². The summed E-state index contributed by atoms with van der Waals surface area (Å²) in [7, 11) is 0. The number of unbranched alkanes of at least 4 members (excludes halogenated alkanes) is 3. The number of carbonyl (C=O) groups excluding carboxylic acids is 2. The van der Waals surface area contributed by atoms with Gasteiger partial charge in [-0.2, -0.15) is 0 Å². The Morgan fingerprint density at radius 3 is 2.67 bits per heavy atom. The smallest absolute Gasteiger partial charge is 0.330 e. The minimum Gasteiger partial charge on any atom is -0.463 e. The number of amides is 1. The van der Waals surface area contributed by atoms with Crippen LogP contribution in [0.15, 0.2) is 40.9 Å². The molecule has 0 spiro atoms. The number of nitrogens with one attached hydrogen (secondary N) is 1. The molecule has 0 aliphatic rings. The summed E-state index contributed by atoms with van der Waals surface area (Å²) in [5.74, 6) is -0.862. The van der Waals surface area contributed by atoms with E-state index in [1.807, 2.05) is 18.2 Å². The Hall–Kier alpha value is -1.62. The number of rotatable bonds is 8. The first kappa shape index (κ1) is 17.4. The Balaban J connectivity index is 2.30. The van der Waals surface area contributed by atoms with Gasteiger partial charge in [-0.25, -0.2) is 4.79 Å². The molecule has 0 bridgehead atoms. The molecule has 0 aliphatic carbocycles. The highest BCUT2D eigenvalue weighted by Gasteiger charge is 2.03. The predicted octanol–water partition coefficient (Wildman–Crippen LogP) is 4.07. The first-order chi connectivity index (χ1) is 10.1. The first-order valence-electron chi connectivity index (χ1n) is 7.04. The monoisotopic (exact) mass is 353 g/mol. The zero-order valence-electron chi connectivity index (χ0n) is 12.1. The highest BCUT2D eigenvalue weighted by molar-refractivity contribution is 9.10. The van der Waals surface area contributed by atoms with Crippen LogP contribution in [-0.4, -0.2) is 18.5 Å². The minimum atomic E-state index is -0.492. The van der Waals surface area contributed by atoms with Crippen molar-refractivity contribution in [1.82, 2.24) is 0 Å². The molecule has 0 saturated carbocycles. The van der Waals surface area contributed by atoms with Crippen molar-refractivity contribution in [2.24, 2.45) is 0 Å². The van der Waals surface area contributed by atoms with Crippen molar-refractivity contribution < 1.29 is 14.3 Å². The molecule has 0 aromatic heterocycles. The number of benzene rings is 1. The van der Waals surface area contributed by atoms with Crippen LogP contribution in [0.2, 0.25) is 0 Å². The van der Waals surface area contributed by atoms with Gasteiger partial charge >= 0.3 is 5.97 Å². The Bertz CT molecular complexity index is 500. The molecule has 4 nitrogen and oxygen atoms in total. The summed E-state index contributed by atoms with van der Waals surface area (Å²) in [4.78, 5) is 23.1. The van der Waals surface area contributed by atoms with E-state index in [1.54, 1.807) is 6.07 Å². The van der Waals surface area contributed by atoms with Crippen LogP contribution >= 0.6 is 15.9 Å². The van der Waals surface area contributed by atoms with Crippen molar-refractivity contribution in [3.05, 3.63) is 40.9 Å². The van der Waals surface area contributed by atoms with Crippen LogP contribution < -0.4 is 5.32 Å². The summed E-state index contributed by atoms with van der Waals surface area (Å²) in [6, 6.07) is 7.26. The third-order valence-corrected chi connectivity index (χ3v) is 3.44. The third-order valence-electron chi connectivity index (χ3n) is 2.74. The Morgan fingerprint density at radius 2 is 1.95 bits per heavy atom. The molecule has 0 unspecified atom stereocenters. The average molecular weight is 354 g/mol. The van der Waals surface area contributed by atoms with E-state index >= 15 is 0 Å². The largest absolute Gasteiger partial charge is 0.463 e. The van der Waals surface area contributed by atoms with Crippen molar-refractivity contribution in [1.29, 1.82) is 0 Å². The molecule has 1 amide bonds. The second kappa shape index (κ2) is 10.2. The fourth-order valence-electron chi connectivity index (χ4n) is 1.63. The van der Waals surface area contributed by atoms with Gasteiger partial charge in [0.1, 0.15) is 0 Å². The van der Waals surface area contributed by atoms with Gasteiger partial charge in [-0.05, 0) is 34.5 Å². The summed E-state index contributed by atoms with van der Waals surface area (Å²) in [5, 5.41) is 2.67.